The molecule has 1 aromatic heterocycles. The Morgan fingerprint density at radius 2 is 1.70 bits per heavy atom. The van der Waals surface area contributed by atoms with Gasteiger partial charge >= 0.3 is 0 Å². The van der Waals surface area contributed by atoms with Crippen LogP contribution in [0.5, 0.6) is 0 Å². The van der Waals surface area contributed by atoms with Crippen molar-refractivity contribution < 1.29 is 22.0 Å². The number of halogens is 2. The monoisotopic (exact) mass is 489 g/mol. The summed E-state index contributed by atoms with van der Waals surface area (Å²) in [6.45, 7) is 1.66. The van der Waals surface area contributed by atoms with E-state index in [1.54, 1.807) is 15.9 Å². The number of hydrogen-bond donors (Lipinski definition) is 0. The number of rotatable bonds is 5. The lowest BCUT2D eigenvalue weighted by Crippen LogP contribution is -2.49. The van der Waals surface area contributed by atoms with Crippen LogP contribution in [0.1, 0.15) is 12.8 Å². The van der Waals surface area contributed by atoms with Gasteiger partial charge in [0.05, 0.1) is 10.5 Å². The minimum atomic E-state index is -4.08. The fraction of sp³-hybridized carbons (Fsp3) is 0.304. The largest absolute Gasteiger partial charge is 0.419 e. The van der Waals surface area contributed by atoms with Crippen LogP contribution < -0.4 is 4.90 Å². The number of carbonyl (C=O) groups excluding carboxylic acids is 1. The third-order valence-electron chi connectivity index (χ3n) is 5.87. The SMILES string of the molecule is O=C(C1CC1)N1CCN(c2oc(-c3ccccc3F)nc2S(=O)(=O)c2ccc(Cl)cc2)CC1. The highest BCUT2D eigenvalue weighted by Gasteiger charge is 2.37. The van der Waals surface area contributed by atoms with Crippen molar-refractivity contribution in [1.82, 2.24) is 9.88 Å². The van der Waals surface area contributed by atoms with Gasteiger partial charge in [-0.25, -0.2) is 12.8 Å². The fourth-order valence-electron chi connectivity index (χ4n) is 3.87. The smallest absolute Gasteiger partial charge is 0.236 e. The Hall–Kier alpha value is -2.91. The summed E-state index contributed by atoms with van der Waals surface area (Å²) in [5, 5.41) is 0.114. The number of aromatic nitrogens is 1. The van der Waals surface area contributed by atoms with E-state index < -0.39 is 15.7 Å². The molecule has 0 N–H and O–H groups in total. The normalized spacial score (nSPS) is 16.8. The van der Waals surface area contributed by atoms with Gasteiger partial charge in [-0.05, 0) is 49.2 Å². The van der Waals surface area contributed by atoms with Crippen molar-refractivity contribution in [1.29, 1.82) is 0 Å². The first-order valence-corrected chi connectivity index (χ1v) is 12.5. The number of nitrogens with zero attached hydrogens (tertiary/aromatic N) is 3. The second kappa shape index (κ2) is 8.46. The van der Waals surface area contributed by atoms with Crippen molar-refractivity contribution >= 4 is 33.2 Å². The van der Waals surface area contributed by atoms with Crippen LogP contribution in [-0.4, -0.2) is 50.4 Å². The topological polar surface area (TPSA) is 83.7 Å². The average molecular weight is 490 g/mol. The van der Waals surface area contributed by atoms with Crippen molar-refractivity contribution in [2.75, 3.05) is 31.1 Å². The number of piperazine rings is 1. The van der Waals surface area contributed by atoms with Crippen molar-refractivity contribution in [2.45, 2.75) is 22.8 Å². The zero-order valence-corrected chi connectivity index (χ0v) is 19.2. The van der Waals surface area contributed by atoms with Crippen LogP contribution in [0.4, 0.5) is 10.3 Å². The van der Waals surface area contributed by atoms with E-state index in [1.807, 2.05) is 0 Å². The van der Waals surface area contributed by atoms with Gasteiger partial charge in [-0.1, -0.05) is 23.7 Å². The summed E-state index contributed by atoms with van der Waals surface area (Å²) in [6, 6.07) is 11.6. The second-order valence-electron chi connectivity index (χ2n) is 8.15. The lowest BCUT2D eigenvalue weighted by atomic mass is 10.2. The summed E-state index contributed by atoms with van der Waals surface area (Å²) in [4.78, 5) is 20.2. The Labute approximate surface area is 195 Å². The number of benzene rings is 2. The minimum Gasteiger partial charge on any atom is -0.419 e. The van der Waals surface area contributed by atoms with Gasteiger partial charge in [0.15, 0.2) is 0 Å². The Bertz CT molecular complexity index is 1300. The third kappa shape index (κ3) is 4.22. The predicted molar refractivity (Wildman–Crippen MR) is 120 cm³/mol. The summed E-state index contributed by atoms with van der Waals surface area (Å²) >= 11 is 5.92. The maximum atomic E-state index is 14.4. The Morgan fingerprint density at radius 1 is 1.03 bits per heavy atom. The summed E-state index contributed by atoms with van der Waals surface area (Å²) in [6.07, 6.45) is 1.85. The Balaban J connectivity index is 1.53. The number of anilines is 1. The minimum absolute atomic E-state index is 0.00378. The molecule has 33 heavy (non-hydrogen) atoms. The van der Waals surface area contributed by atoms with Gasteiger partial charge in [0.2, 0.25) is 32.5 Å². The molecule has 0 spiro atoms. The molecule has 1 amide bonds. The molecule has 5 rings (SSSR count). The molecule has 1 saturated heterocycles. The molecule has 2 heterocycles. The van der Waals surface area contributed by atoms with E-state index in [4.69, 9.17) is 16.0 Å². The molecule has 0 atom stereocenters. The molecule has 7 nitrogen and oxygen atoms in total. The Morgan fingerprint density at radius 3 is 2.33 bits per heavy atom. The van der Waals surface area contributed by atoms with E-state index in [0.717, 1.165) is 12.8 Å². The number of oxazole rings is 1. The average Bonchev–Trinajstić information content (AvgIpc) is 3.57. The second-order valence-corrected chi connectivity index (χ2v) is 10.5. The fourth-order valence-corrected chi connectivity index (χ4v) is 5.31. The maximum absolute atomic E-state index is 14.4. The van der Waals surface area contributed by atoms with Crippen LogP contribution in [0.15, 0.2) is 62.9 Å². The maximum Gasteiger partial charge on any atom is 0.236 e. The number of amides is 1. The molecule has 0 bridgehead atoms. The molecule has 1 saturated carbocycles. The predicted octanol–water partition coefficient (Wildman–Crippen LogP) is 4.03. The highest BCUT2D eigenvalue weighted by molar-refractivity contribution is 7.91. The van der Waals surface area contributed by atoms with Crippen molar-refractivity contribution in [3.05, 3.63) is 59.4 Å². The van der Waals surface area contributed by atoms with Gasteiger partial charge in [0.25, 0.3) is 0 Å². The van der Waals surface area contributed by atoms with E-state index in [9.17, 15) is 17.6 Å². The van der Waals surface area contributed by atoms with E-state index in [2.05, 4.69) is 4.98 Å². The first-order chi connectivity index (χ1) is 15.8. The van der Waals surface area contributed by atoms with Crippen LogP contribution in [0.3, 0.4) is 0 Å². The summed E-state index contributed by atoms with van der Waals surface area (Å²) in [7, 11) is -4.08. The van der Waals surface area contributed by atoms with E-state index >= 15 is 0 Å². The van der Waals surface area contributed by atoms with Crippen LogP contribution in [0.25, 0.3) is 11.5 Å². The van der Waals surface area contributed by atoms with E-state index in [0.29, 0.717) is 31.2 Å². The highest BCUT2D eigenvalue weighted by atomic mass is 35.5. The number of sulfone groups is 1. The van der Waals surface area contributed by atoms with Crippen LogP contribution >= 0.6 is 11.6 Å². The van der Waals surface area contributed by atoms with Gasteiger partial charge in [0.1, 0.15) is 5.82 Å². The summed E-state index contributed by atoms with van der Waals surface area (Å²) < 4.78 is 47.2. The highest BCUT2D eigenvalue weighted by Crippen LogP contribution is 2.37. The molecule has 0 unspecified atom stereocenters. The molecule has 172 valence electrons. The molecule has 3 aromatic rings. The first kappa shape index (κ1) is 21.9. The number of carbonyl (C=O) groups is 1. The van der Waals surface area contributed by atoms with Gasteiger partial charge < -0.3 is 14.2 Å². The molecular weight excluding hydrogens is 469 g/mol. The summed E-state index contributed by atoms with van der Waals surface area (Å²) in [5.74, 6) is -0.377. The quantitative estimate of drug-likeness (QED) is 0.538. The third-order valence-corrected chi connectivity index (χ3v) is 7.79. The van der Waals surface area contributed by atoms with Crippen molar-refractivity contribution in [2.24, 2.45) is 5.92 Å². The molecule has 2 aromatic carbocycles. The lowest BCUT2D eigenvalue weighted by molar-refractivity contribution is -0.132. The number of hydrogen-bond acceptors (Lipinski definition) is 6. The molecule has 10 heteroatoms. The van der Waals surface area contributed by atoms with Crippen LogP contribution in [-0.2, 0) is 14.6 Å². The molecule has 2 fully saturated rings. The first-order valence-electron chi connectivity index (χ1n) is 10.6. The van der Waals surface area contributed by atoms with Crippen molar-refractivity contribution in [3.8, 4) is 11.5 Å². The molecular formula is C23H21ClFN3O4S. The van der Waals surface area contributed by atoms with Gasteiger partial charge in [0, 0.05) is 37.1 Å². The standard InChI is InChI=1S/C23H21ClFN3O4S/c24-16-7-9-17(10-8-16)33(30,31)21-23(32-20(26-21)18-3-1-2-4-19(18)25)28-13-11-27(12-14-28)22(29)15-5-6-15/h1-4,7-10,15H,5-6,11-14H2. The summed E-state index contributed by atoms with van der Waals surface area (Å²) in [5.41, 5.74) is 0.0684. The molecule has 1 aliphatic heterocycles. The van der Waals surface area contributed by atoms with E-state index in [-0.39, 0.29) is 39.1 Å². The van der Waals surface area contributed by atoms with Crippen molar-refractivity contribution in [3.63, 3.8) is 0 Å². The van der Waals surface area contributed by atoms with Crippen LogP contribution in [0.2, 0.25) is 5.02 Å². The zero-order valence-electron chi connectivity index (χ0n) is 17.6. The molecule has 0 radical (unpaired) electrons. The van der Waals surface area contributed by atoms with E-state index in [1.165, 1.54) is 42.5 Å². The molecule has 1 aliphatic carbocycles. The van der Waals surface area contributed by atoms with Crippen LogP contribution in [0, 0.1) is 11.7 Å². The molecule has 2 aliphatic rings. The van der Waals surface area contributed by atoms with Gasteiger partial charge in [-0.2, -0.15) is 4.98 Å². The van der Waals surface area contributed by atoms with Gasteiger partial charge in [-0.3, -0.25) is 4.79 Å². The lowest BCUT2D eigenvalue weighted by Gasteiger charge is -2.34. The zero-order chi connectivity index (χ0) is 23.2. The Kier molecular flexibility index (Phi) is 5.62. The van der Waals surface area contributed by atoms with Gasteiger partial charge in [-0.15, -0.1) is 0 Å².